The van der Waals surface area contributed by atoms with Crippen molar-refractivity contribution in [3.63, 3.8) is 0 Å². The average molecular weight is 379 g/mol. The second-order valence-electron chi connectivity index (χ2n) is 6.76. The van der Waals surface area contributed by atoms with Crippen molar-refractivity contribution in [1.82, 2.24) is 4.57 Å². The van der Waals surface area contributed by atoms with Gasteiger partial charge in [-0.05, 0) is 19.4 Å². The maximum Gasteiger partial charge on any atom is 0.338 e. The van der Waals surface area contributed by atoms with Gasteiger partial charge < -0.3 is 15.2 Å². The van der Waals surface area contributed by atoms with Crippen LogP contribution < -0.4 is 10.3 Å². The van der Waals surface area contributed by atoms with Gasteiger partial charge in [0, 0.05) is 0 Å². The van der Waals surface area contributed by atoms with Crippen LogP contribution in [0.1, 0.15) is 24.0 Å². The van der Waals surface area contributed by atoms with Gasteiger partial charge in [0.2, 0.25) is 12.2 Å². The van der Waals surface area contributed by atoms with Crippen molar-refractivity contribution in [3.8, 4) is 6.07 Å². The molecule has 0 saturated heterocycles. The van der Waals surface area contributed by atoms with Gasteiger partial charge in [0.1, 0.15) is 42.9 Å². The van der Waals surface area contributed by atoms with Gasteiger partial charge >= 0.3 is 5.97 Å². The Morgan fingerprint density at radius 1 is 1.36 bits per heavy atom. The molecular formula is C21H23N4O3+. The first-order chi connectivity index (χ1) is 13.4. The van der Waals surface area contributed by atoms with Crippen molar-refractivity contribution >= 4 is 5.97 Å². The van der Waals surface area contributed by atoms with E-state index < -0.39 is 11.9 Å². The highest BCUT2D eigenvalue weighted by Crippen LogP contribution is 2.39. The van der Waals surface area contributed by atoms with E-state index in [0.717, 1.165) is 11.1 Å². The number of rotatable bonds is 5. The summed E-state index contributed by atoms with van der Waals surface area (Å²) in [5.74, 6) is -0.766. The average Bonchev–Trinajstić information content (AvgIpc) is 3.07. The quantitative estimate of drug-likeness (QED) is 0.633. The summed E-state index contributed by atoms with van der Waals surface area (Å²) in [6, 6.07) is 9.72. The Hall–Kier alpha value is -3.53. The van der Waals surface area contributed by atoms with E-state index in [1.54, 1.807) is 6.92 Å². The van der Waals surface area contributed by atoms with E-state index in [2.05, 4.69) is 6.07 Å². The predicted octanol–water partition coefficient (Wildman–Crippen LogP) is 1.95. The molecule has 144 valence electrons. The van der Waals surface area contributed by atoms with Gasteiger partial charge in [-0.3, -0.25) is 0 Å². The molecule has 1 unspecified atom stereocenters. The lowest BCUT2D eigenvalue weighted by Crippen LogP contribution is -2.26. The third kappa shape index (κ3) is 3.91. The number of nitrogens with two attached hydrogens (primary N) is 1. The van der Waals surface area contributed by atoms with Crippen molar-refractivity contribution in [3.05, 3.63) is 76.9 Å². The molecule has 1 aliphatic rings. The molecule has 2 aromatic rings. The number of imidazole rings is 1. The Bertz CT molecular complexity index is 993. The summed E-state index contributed by atoms with van der Waals surface area (Å²) >= 11 is 0. The highest BCUT2D eigenvalue weighted by atomic mass is 16.5. The summed E-state index contributed by atoms with van der Waals surface area (Å²) in [7, 11) is 1.92. The molecule has 1 aromatic carbocycles. The van der Waals surface area contributed by atoms with Crippen molar-refractivity contribution in [2.24, 2.45) is 12.8 Å². The number of esters is 1. The molecule has 0 aliphatic carbocycles. The summed E-state index contributed by atoms with van der Waals surface area (Å²) in [6.45, 7) is 4.36. The molecule has 0 radical (unpaired) electrons. The van der Waals surface area contributed by atoms with Crippen LogP contribution >= 0.6 is 0 Å². The first kappa shape index (κ1) is 19.2. The fourth-order valence-electron chi connectivity index (χ4n) is 3.19. The lowest BCUT2D eigenvalue weighted by molar-refractivity contribution is -0.671. The van der Waals surface area contributed by atoms with Crippen LogP contribution in [0.15, 0.2) is 65.8 Å². The number of hydrogen-bond donors (Lipinski definition) is 1. The highest BCUT2D eigenvalue weighted by Gasteiger charge is 2.36. The third-order valence-electron chi connectivity index (χ3n) is 4.64. The number of benzene rings is 1. The van der Waals surface area contributed by atoms with Crippen molar-refractivity contribution in [2.75, 3.05) is 6.61 Å². The number of aromatic nitrogens is 2. The van der Waals surface area contributed by atoms with Crippen LogP contribution in [-0.4, -0.2) is 17.1 Å². The molecule has 1 atom stereocenters. The Balaban J connectivity index is 1.85. The number of nitriles is 1. The molecule has 7 nitrogen and oxygen atoms in total. The number of carbonyl (C=O) groups excluding carboxylic acids is 1. The molecule has 7 heteroatoms. The molecule has 0 bridgehead atoms. The van der Waals surface area contributed by atoms with Crippen molar-refractivity contribution in [2.45, 2.75) is 26.3 Å². The largest absolute Gasteiger partial charge is 0.458 e. The van der Waals surface area contributed by atoms with Crippen LogP contribution in [0.2, 0.25) is 0 Å². The summed E-state index contributed by atoms with van der Waals surface area (Å²) in [5.41, 5.74) is 8.30. The SMILES string of the molecule is CC1=C(C(=O)OCCn2cc[n+](C)c2)C(c2ccc(C)cc2)C(C#N)=C(N)O1. The van der Waals surface area contributed by atoms with Gasteiger partial charge in [-0.15, -0.1) is 0 Å². The zero-order valence-electron chi connectivity index (χ0n) is 16.2. The minimum atomic E-state index is -0.615. The third-order valence-corrected chi connectivity index (χ3v) is 4.64. The number of carbonyl (C=O) groups is 1. The monoisotopic (exact) mass is 379 g/mol. The van der Waals surface area contributed by atoms with E-state index in [9.17, 15) is 10.1 Å². The van der Waals surface area contributed by atoms with E-state index >= 15 is 0 Å². The molecule has 0 amide bonds. The van der Waals surface area contributed by atoms with Gasteiger partial charge in [-0.1, -0.05) is 29.8 Å². The number of ether oxygens (including phenoxy) is 2. The second kappa shape index (κ2) is 8.01. The summed E-state index contributed by atoms with van der Waals surface area (Å²) in [5, 5.41) is 9.61. The zero-order chi connectivity index (χ0) is 20.3. The predicted molar refractivity (Wildman–Crippen MR) is 101 cm³/mol. The van der Waals surface area contributed by atoms with Gasteiger partial charge in [0.15, 0.2) is 0 Å². The van der Waals surface area contributed by atoms with Crippen molar-refractivity contribution < 1.29 is 18.8 Å². The summed E-state index contributed by atoms with van der Waals surface area (Å²) in [4.78, 5) is 12.9. The zero-order valence-corrected chi connectivity index (χ0v) is 16.2. The Morgan fingerprint density at radius 2 is 2.07 bits per heavy atom. The minimum Gasteiger partial charge on any atom is -0.458 e. The number of allylic oxidation sites excluding steroid dienone is 2. The molecule has 0 saturated carbocycles. The van der Waals surface area contributed by atoms with E-state index in [-0.39, 0.29) is 18.1 Å². The molecule has 1 aliphatic heterocycles. The van der Waals surface area contributed by atoms with Gasteiger partial charge in [0.25, 0.3) is 0 Å². The maximum absolute atomic E-state index is 12.9. The Kier molecular flexibility index (Phi) is 5.50. The van der Waals surface area contributed by atoms with Crippen LogP contribution in [0.5, 0.6) is 0 Å². The molecular weight excluding hydrogens is 356 g/mol. The van der Waals surface area contributed by atoms with Crippen LogP contribution in [0.4, 0.5) is 0 Å². The maximum atomic E-state index is 12.9. The normalized spacial score (nSPS) is 16.6. The van der Waals surface area contributed by atoms with Crippen LogP contribution in [0.25, 0.3) is 0 Å². The van der Waals surface area contributed by atoms with Gasteiger partial charge in [-0.25, -0.2) is 13.9 Å². The van der Waals surface area contributed by atoms with E-state index in [1.165, 1.54) is 0 Å². The molecule has 1 aromatic heterocycles. The van der Waals surface area contributed by atoms with E-state index in [4.69, 9.17) is 15.2 Å². The van der Waals surface area contributed by atoms with Crippen LogP contribution in [0, 0.1) is 18.3 Å². The van der Waals surface area contributed by atoms with E-state index in [0.29, 0.717) is 17.9 Å². The molecule has 0 fully saturated rings. The first-order valence-corrected chi connectivity index (χ1v) is 8.93. The van der Waals surface area contributed by atoms with Crippen LogP contribution in [-0.2, 0) is 27.9 Å². The Labute approximate surface area is 163 Å². The number of hydrogen-bond acceptors (Lipinski definition) is 5. The first-order valence-electron chi connectivity index (χ1n) is 8.93. The lowest BCUT2D eigenvalue weighted by atomic mass is 9.83. The minimum absolute atomic E-state index is 0.0157. The van der Waals surface area contributed by atoms with Gasteiger partial charge in [-0.2, -0.15) is 5.26 Å². The highest BCUT2D eigenvalue weighted by molar-refractivity contribution is 5.92. The smallest absolute Gasteiger partial charge is 0.338 e. The second-order valence-corrected chi connectivity index (χ2v) is 6.76. The topological polar surface area (TPSA) is 94.2 Å². The lowest BCUT2D eigenvalue weighted by Gasteiger charge is -2.26. The molecule has 2 N–H and O–H groups in total. The number of aryl methyl sites for hydroxylation is 2. The molecule has 2 heterocycles. The van der Waals surface area contributed by atoms with E-state index in [1.807, 2.05) is 66.1 Å². The number of nitrogens with zero attached hydrogens (tertiary/aromatic N) is 3. The summed E-state index contributed by atoms with van der Waals surface area (Å²) in [6.07, 6.45) is 5.70. The fraction of sp³-hybridized carbons (Fsp3) is 0.286. The molecule has 0 spiro atoms. The van der Waals surface area contributed by atoms with Crippen molar-refractivity contribution in [1.29, 1.82) is 5.26 Å². The van der Waals surface area contributed by atoms with Crippen LogP contribution in [0.3, 0.4) is 0 Å². The van der Waals surface area contributed by atoms with Gasteiger partial charge in [0.05, 0.1) is 18.5 Å². The summed E-state index contributed by atoms with van der Waals surface area (Å²) < 4.78 is 14.8. The molecule has 28 heavy (non-hydrogen) atoms. The Morgan fingerprint density at radius 3 is 2.68 bits per heavy atom. The standard InChI is InChI=1S/C21H23N4O3/c1-14-4-6-16(7-5-14)19-17(12-22)20(23)28-15(2)18(19)21(26)27-11-10-25-9-8-24(3)13-25/h4-9,13,19H,10-11,23H2,1-3H3/q+1. The fourth-order valence-corrected chi connectivity index (χ4v) is 3.19. The molecule has 3 rings (SSSR count).